The maximum atomic E-state index is 12.5. The summed E-state index contributed by atoms with van der Waals surface area (Å²) in [5.41, 5.74) is 0.761. The number of para-hydroxylation sites is 1. The van der Waals surface area contributed by atoms with Crippen molar-refractivity contribution in [3.8, 4) is 0 Å². The van der Waals surface area contributed by atoms with Gasteiger partial charge < -0.3 is 5.32 Å². The Morgan fingerprint density at radius 3 is 2.37 bits per heavy atom. The van der Waals surface area contributed by atoms with Crippen LogP contribution in [-0.2, 0) is 10.0 Å². The predicted octanol–water partition coefficient (Wildman–Crippen LogP) is 4.45. The van der Waals surface area contributed by atoms with E-state index in [9.17, 15) is 13.2 Å². The zero-order valence-corrected chi connectivity index (χ0v) is 16.7. The maximum absolute atomic E-state index is 12.5. The fourth-order valence-electron chi connectivity index (χ4n) is 3.32. The Kier molecular flexibility index (Phi) is 6.07. The molecule has 0 saturated heterocycles. The van der Waals surface area contributed by atoms with Gasteiger partial charge in [0.05, 0.1) is 15.6 Å². The molecule has 0 bridgehead atoms. The highest BCUT2D eigenvalue weighted by Gasteiger charge is 2.23. The van der Waals surface area contributed by atoms with Gasteiger partial charge in [-0.1, -0.05) is 43.5 Å². The van der Waals surface area contributed by atoms with Crippen LogP contribution in [0.3, 0.4) is 0 Å². The number of nitrogens with one attached hydrogen (secondary N) is 2. The summed E-state index contributed by atoms with van der Waals surface area (Å²) in [6.45, 7) is 2.15. The summed E-state index contributed by atoms with van der Waals surface area (Å²) < 4.78 is 27.5. The van der Waals surface area contributed by atoms with Crippen LogP contribution in [0.5, 0.6) is 0 Å². The number of hydrogen-bond donors (Lipinski definition) is 2. The second kappa shape index (κ2) is 8.31. The lowest BCUT2D eigenvalue weighted by atomic mass is 9.86. The normalized spacial score (nSPS) is 20.1. The van der Waals surface area contributed by atoms with Crippen LogP contribution >= 0.6 is 11.6 Å². The Morgan fingerprint density at radius 1 is 1.04 bits per heavy atom. The molecular weight excluding hydrogens is 384 g/mol. The second-order valence-corrected chi connectivity index (χ2v) is 9.04. The lowest BCUT2D eigenvalue weighted by Gasteiger charge is -2.29. The van der Waals surface area contributed by atoms with Crippen molar-refractivity contribution >= 4 is 33.2 Å². The topological polar surface area (TPSA) is 75.3 Å². The minimum Gasteiger partial charge on any atom is -0.349 e. The lowest BCUT2D eigenvalue weighted by molar-refractivity contribution is 0.0910. The molecule has 1 amide bonds. The van der Waals surface area contributed by atoms with Gasteiger partial charge >= 0.3 is 0 Å². The second-order valence-electron chi connectivity index (χ2n) is 6.95. The predicted molar refractivity (Wildman–Crippen MR) is 108 cm³/mol. The molecule has 0 spiro atoms. The molecule has 2 unspecified atom stereocenters. The monoisotopic (exact) mass is 406 g/mol. The van der Waals surface area contributed by atoms with E-state index in [-0.39, 0.29) is 16.8 Å². The van der Waals surface area contributed by atoms with Crippen LogP contribution in [0.15, 0.2) is 53.4 Å². The molecule has 3 rings (SSSR count). The van der Waals surface area contributed by atoms with Crippen LogP contribution in [-0.4, -0.2) is 20.4 Å². The number of anilines is 1. The van der Waals surface area contributed by atoms with Crippen LogP contribution < -0.4 is 10.0 Å². The zero-order valence-electron chi connectivity index (χ0n) is 15.1. The summed E-state index contributed by atoms with van der Waals surface area (Å²) in [5.74, 6) is 0.291. The van der Waals surface area contributed by atoms with Crippen molar-refractivity contribution in [1.29, 1.82) is 0 Å². The first kappa shape index (κ1) is 19.7. The molecule has 1 saturated carbocycles. The van der Waals surface area contributed by atoms with E-state index in [0.29, 0.717) is 22.2 Å². The fourth-order valence-corrected chi connectivity index (χ4v) is 4.63. The molecule has 1 aliphatic rings. The van der Waals surface area contributed by atoms with Crippen molar-refractivity contribution < 1.29 is 13.2 Å². The molecule has 5 nitrogen and oxygen atoms in total. The van der Waals surface area contributed by atoms with Crippen LogP contribution in [0.1, 0.15) is 43.0 Å². The molecular formula is C20H23ClN2O3S. The van der Waals surface area contributed by atoms with Crippen molar-refractivity contribution in [1.82, 2.24) is 5.32 Å². The van der Waals surface area contributed by atoms with Gasteiger partial charge in [0.25, 0.3) is 15.9 Å². The standard InChI is InChI=1S/C20H23ClN2O3S/c1-14-6-2-4-8-18(14)22-20(24)15-10-12-16(13-11-15)27(25,26)23-19-9-5-3-7-17(19)21/h3,5,7,9-14,18,23H,2,4,6,8H2,1H3,(H,22,24). The van der Waals surface area contributed by atoms with Crippen molar-refractivity contribution in [3.05, 3.63) is 59.1 Å². The Balaban J connectivity index is 1.70. The summed E-state index contributed by atoms with van der Waals surface area (Å²) in [6.07, 6.45) is 4.44. The van der Waals surface area contributed by atoms with Crippen LogP contribution in [0.2, 0.25) is 5.02 Å². The van der Waals surface area contributed by atoms with Gasteiger partial charge in [0.2, 0.25) is 0 Å². The number of halogens is 1. The molecule has 144 valence electrons. The fraction of sp³-hybridized carbons (Fsp3) is 0.350. The molecule has 1 aliphatic carbocycles. The Morgan fingerprint density at radius 2 is 1.70 bits per heavy atom. The minimum atomic E-state index is -3.78. The van der Waals surface area contributed by atoms with Crippen molar-refractivity contribution in [3.63, 3.8) is 0 Å². The summed E-state index contributed by atoms with van der Waals surface area (Å²) in [6, 6.07) is 12.7. The Bertz CT molecular complexity index is 913. The molecule has 7 heteroatoms. The summed E-state index contributed by atoms with van der Waals surface area (Å²) in [5, 5.41) is 3.39. The number of sulfonamides is 1. The number of benzene rings is 2. The highest BCUT2D eigenvalue weighted by molar-refractivity contribution is 7.92. The average molecular weight is 407 g/mol. The van der Waals surface area contributed by atoms with Crippen LogP contribution in [0, 0.1) is 5.92 Å². The van der Waals surface area contributed by atoms with Gasteiger partial charge in [0.15, 0.2) is 0 Å². The van der Waals surface area contributed by atoms with E-state index >= 15 is 0 Å². The van der Waals surface area contributed by atoms with Crippen LogP contribution in [0.4, 0.5) is 5.69 Å². The van der Waals surface area contributed by atoms with Crippen molar-refractivity contribution in [2.24, 2.45) is 5.92 Å². The van der Waals surface area contributed by atoms with Crippen molar-refractivity contribution in [2.45, 2.75) is 43.5 Å². The third-order valence-corrected chi connectivity index (χ3v) is 6.68. The first-order chi connectivity index (χ1) is 12.9. The quantitative estimate of drug-likeness (QED) is 0.770. The minimum absolute atomic E-state index is 0.0741. The highest BCUT2D eigenvalue weighted by atomic mass is 35.5. The van der Waals surface area contributed by atoms with Gasteiger partial charge in [0, 0.05) is 11.6 Å². The van der Waals surface area contributed by atoms with E-state index < -0.39 is 10.0 Å². The third-order valence-electron chi connectivity index (χ3n) is 4.97. The summed E-state index contributed by atoms with van der Waals surface area (Å²) in [7, 11) is -3.78. The number of carbonyl (C=O) groups excluding carboxylic acids is 1. The number of hydrogen-bond acceptors (Lipinski definition) is 3. The molecule has 2 aromatic rings. The van der Waals surface area contributed by atoms with E-state index in [1.165, 1.54) is 30.7 Å². The molecule has 1 fully saturated rings. The van der Waals surface area contributed by atoms with Crippen molar-refractivity contribution in [2.75, 3.05) is 4.72 Å². The van der Waals surface area contributed by atoms with Gasteiger partial charge in [-0.25, -0.2) is 8.42 Å². The number of amides is 1. The highest BCUT2D eigenvalue weighted by Crippen LogP contribution is 2.25. The van der Waals surface area contributed by atoms with E-state index in [1.54, 1.807) is 24.3 Å². The third kappa shape index (κ3) is 4.82. The van der Waals surface area contributed by atoms with Gasteiger partial charge in [-0.2, -0.15) is 0 Å². The zero-order chi connectivity index (χ0) is 19.4. The van der Waals surface area contributed by atoms with E-state index in [1.807, 2.05) is 0 Å². The molecule has 0 radical (unpaired) electrons. The SMILES string of the molecule is CC1CCCCC1NC(=O)c1ccc(S(=O)(=O)Nc2ccccc2Cl)cc1. The molecule has 2 atom stereocenters. The Hall–Kier alpha value is -2.05. The average Bonchev–Trinajstić information content (AvgIpc) is 2.65. The molecule has 0 heterocycles. The van der Waals surface area contributed by atoms with E-state index in [2.05, 4.69) is 17.0 Å². The number of carbonyl (C=O) groups is 1. The molecule has 2 N–H and O–H groups in total. The lowest BCUT2D eigenvalue weighted by Crippen LogP contribution is -2.41. The molecule has 0 aliphatic heterocycles. The first-order valence-corrected chi connectivity index (χ1v) is 10.9. The van der Waals surface area contributed by atoms with Gasteiger partial charge in [-0.3, -0.25) is 9.52 Å². The molecule has 2 aromatic carbocycles. The van der Waals surface area contributed by atoms with Gasteiger partial charge in [0.1, 0.15) is 0 Å². The number of rotatable bonds is 5. The molecule has 0 aromatic heterocycles. The van der Waals surface area contributed by atoms with E-state index in [0.717, 1.165) is 19.3 Å². The summed E-state index contributed by atoms with van der Waals surface area (Å²) >= 11 is 6.01. The van der Waals surface area contributed by atoms with Gasteiger partial charge in [-0.15, -0.1) is 0 Å². The largest absolute Gasteiger partial charge is 0.349 e. The maximum Gasteiger partial charge on any atom is 0.261 e. The van der Waals surface area contributed by atoms with Crippen LogP contribution in [0.25, 0.3) is 0 Å². The van der Waals surface area contributed by atoms with E-state index in [4.69, 9.17) is 11.6 Å². The summed E-state index contributed by atoms with van der Waals surface area (Å²) in [4.78, 5) is 12.5. The van der Waals surface area contributed by atoms with Gasteiger partial charge in [-0.05, 0) is 55.2 Å². The molecule has 27 heavy (non-hydrogen) atoms. The smallest absolute Gasteiger partial charge is 0.261 e. The Labute approximate surface area is 165 Å². The first-order valence-electron chi connectivity index (χ1n) is 9.05.